The molecule has 1 amide bonds. The van der Waals surface area contributed by atoms with Crippen molar-refractivity contribution < 1.29 is 4.79 Å². The summed E-state index contributed by atoms with van der Waals surface area (Å²) in [5.41, 5.74) is 2.26. The summed E-state index contributed by atoms with van der Waals surface area (Å²) in [7, 11) is 0. The lowest BCUT2D eigenvalue weighted by atomic mass is 10.2. The Labute approximate surface area is 111 Å². The molecule has 1 heterocycles. The van der Waals surface area contributed by atoms with E-state index in [9.17, 15) is 4.79 Å². The van der Waals surface area contributed by atoms with Gasteiger partial charge in [-0.25, -0.2) is 0 Å². The molecule has 2 aromatic rings. The van der Waals surface area contributed by atoms with Crippen molar-refractivity contribution in [1.29, 1.82) is 0 Å². The summed E-state index contributed by atoms with van der Waals surface area (Å²) in [5, 5.41) is 2.88. The third-order valence-corrected chi connectivity index (χ3v) is 3.21. The molecule has 0 saturated heterocycles. The van der Waals surface area contributed by atoms with Crippen LogP contribution in [0, 0.1) is 6.92 Å². The Morgan fingerprint density at radius 2 is 2.11 bits per heavy atom. The smallest absolute Gasteiger partial charge is 0.255 e. The minimum atomic E-state index is -0.112. The Kier molecular flexibility index (Phi) is 3.99. The van der Waals surface area contributed by atoms with Gasteiger partial charge in [-0.05, 0) is 43.5 Å². The summed E-state index contributed by atoms with van der Waals surface area (Å²) in [6, 6.07) is 11.3. The van der Waals surface area contributed by atoms with Crippen molar-refractivity contribution in [3.8, 4) is 0 Å². The second-order valence-corrected chi connectivity index (χ2v) is 4.75. The second kappa shape index (κ2) is 5.69. The summed E-state index contributed by atoms with van der Waals surface area (Å²) in [6.07, 6.45) is 3.65. The molecule has 0 aliphatic rings. The fraction of sp³-hybridized carbons (Fsp3) is 0.143. The molecule has 0 atom stereocenters. The molecule has 2 rings (SSSR count). The molecular formula is C14H14N2OS. The van der Waals surface area contributed by atoms with Crippen LogP contribution in [0.1, 0.15) is 16.1 Å². The van der Waals surface area contributed by atoms with Crippen LogP contribution in [0.5, 0.6) is 0 Å². The van der Waals surface area contributed by atoms with Gasteiger partial charge in [0, 0.05) is 28.0 Å². The Bertz CT molecular complexity index is 569. The van der Waals surface area contributed by atoms with Gasteiger partial charge in [-0.2, -0.15) is 0 Å². The molecule has 0 saturated carbocycles. The van der Waals surface area contributed by atoms with Crippen LogP contribution in [0.3, 0.4) is 0 Å². The van der Waals surface area contributed by atoms with Crippen LogP contribution in [0.25, 0.3) is 0 Å². The zero-order valence-corrected chi connectivity index (χ0v) is 11.1. The van der Waals surface area contributed by atoms with E-state index in [-0.39, 0.29) is 5.91 Å². The monoisotopic (exact) mass is 258 g/mol. The largest absolute Gasteiger partial charge is 0.322 e. The first-order chi connectivity index (χ1) is 8.69. The van der Waals surface area contributed by atoms with Crippen LogP contribution >= 0.6 is 11.8 Å². The molecule has 0 unspecified atom stereocenters. The third-order valence-electron chi connectivity index (χ3n) is 2.49. The normalized spacial score (nSPS) is 10.1. The fourth-order valence-electron chi connectivity index (χ4n) is 1.59. The average Bonchev–Trinajstić information content (AvgIpc) is 2.39. The molecule has 1 aromatic carbocycles. The molecule has 0 radical (unpaired) electrons. The zero-order valence-electron chi connectivity index (χ0n) is 10.3. The van der Waals surface area contributed by atoms with Gasteiger partial charge >= 0.3 is 0 Å². The molecule has 0 aliphatic carbocycles. The third kappa shape index (κ3) is 3.11. The SMILES string of the molecule is CSc1cccc(NC(=O)c2ccnc(C)c2)c1. The number of hydrogen-bond acceptors (Lipinski definition) is 3. The van der Waals surface area contributed by atoms with Gasteiger partial charge in [0.2, 0.25) is 0 Å². The molecule has 1 aromatic heterocycles. The number of rotatable bonds is 3. The van der Waals surface area contributed by atoms with E-state index in [0.717, 1.165) is 16.3 Å². The fourth-order valence-corrected chi connectivity index (χ4v) is 2.05. The van der Waals surface area contributed by atoms with Crippen LogP contribution < -0.4 is 5.32 Å². The number of thioether (sulfide) groups is 1. The lowest BCUT2D eigenvalue weighted by molar-refractivity contribution is 0.102. The van der Waals surface area contributed by atoms with Gasteiger partial charge in [0.1, 0.15) is 0 Å². The number of nitrogens with one attached hydrogen (secondary N) is 1. The number of aryl methyl sites for hydroxylation is 1. The highest BCUT2D eigenvalue weighted by Gasteiger charge is 2.06. The Morgan fingerprint density at radius 3 is 2.83 bits per heavy atom. The maximum absolute atomic E-state index is 12.0. The summed E-state index contributed by atoms with van der Waals surface area (Å²) in [5.74, 6) is -0.112. The summed E-state index contributed by atoms with van der Waals surface area (Å²) in [6.45, 7) is 1.87. The van der Waals surface area contributed by atoms with Crippen LogP contribution in [-0.2, 0) is 0 Å². The van der Waals surface area contributed by atoms with Crippen molar-refractivity contribution in [2.45, 2.75) is 11.8 Å². The predicted octanol–water partition coefficient (Wildman–Crippen LogP) is 3.36. The number of carbonyl (C=O) groups is 1. The van der Waals surface area contributed by atoms with E-state index in [4.69, 9.17) is 0 Å². The van der Waals surface area contributed by atoms with Gasteiger partial charge in [0.15, 0.2) is 0 Å². The number of carbonyl (C=O) groups excluding carboxylic acids is 1. The summed E-state index contributed by atoms with van der Waals surface area (Å²) < 4.78 is 0. The molecule has 18 heavy (non-hydrogen) atoms. The number of amides is 1. The summed E-state index contributed by atoms with van der Waals surface area (Å²) in [4.78, 5) is 17.2. The highest BCUT2D eigenvalue weighted by molar-refractivity contribution is 7.98. The maximum atomic E-state index is 12.0. The lowest BCUT2D eigenvalue weighted by Gasteiger charge is -2.06. The molecule has 0 bridgehead atoms. The van der Waals surface area contributed by atoms with Gasteiger partial charge < -0.3 is 5.32 Å². The van der Waals surface area contributed by atoms with Crippen LogP contribution in [0.15, 0.2) is 47.5 Å². The lowest BCUT2D eigenvalue weighted by Crippen LogP contribution is -2.12. The van der Waals surface area contributed by atoms with Crippen LogP contribution in [0.4, 0.5) is 5.69 Å². The number of nitrogens with zero attached hydrogens (tertiary/aromatic N) is 1. The molecule has 92 valence electrons. The topological polar surface area (TPSA) is 42.0 Å². The molecule has 0 spiro atoms. The first-order valence-electron chi connectivity index (χ1n) is 5.57. The van der Waals surface area contributed by atoms with Gasteiger partial charge in [0.25, 0.3) is 5.91 Å². The summed E-state index contributed by atoms with van der Waals surface area (Å²) >= 11 is 1.65. The minimum Gasteiger partial charge on any atom is -0.322 e. The number of aromatic nitrogens is 1. The van der Waals surface area contributed by atoms with Gasteiger partial charge in [-0.3, -0.25) is 9.78 Å². The molecule has 3 nitrogen and oxygen atoms in total. The first-order valence-corrected chi connectivity index (χ1v) is 6.79. The highest BCUT2D eigenvalue weighted by Crippen LogP contribution is 2.19. The van der Waals surface area contributed by atoms with E-state index in [1.165, 1.54) is 0 Å². The van der Waals surface area contributed by atoms with Crippen LogP contribution in [0.2, 0.25) is 0 Å². The van der Waals surface area contributed by atoms with E-state index in [1.807, 2.05) is 37.4 Å². The van der Waals surface area contributed by atoms with Gasteiger partial charge in [0.05, 0.1) is 0 Å². The van der Waals surface area contributed by atoms with E-state index in [0.29, 0.717) is 5.56 Å². The first kappa shape index (κ1) is 12.6. The van der Waals surface area contributed by atoms with Crippen molar-refractivity contribution >= 4 is 23.4 Å². The van der Waals surface area contributed by atoms with Crippen LogP contribution in [-0.4, -0.2) is 17.1 Å². The van der Waals surface area contributed by atoms with Gasteiger partial charge in [-0.15, -0.1) is 11.8 Å². The second-order valence-electron chi connectivity index (χ2n) is 3.87. The average molecular weight is 258 g/mol. The van der Waals surface area contributed by atoms with Gasteiger partial charge in [-0.1, -0.05) is 6.07 Å². The molecule has 0 fully saturated rings. The number of anilines is 1. The number of pyridine rings is 1. The molecule has 4 heteroatoms. The Balaban J connectivity index is 2.16. The Morgan fingerprint density at radius 1 is 1.28 bits per heavy atom. The van der Waals surface area contributed by atoms with E-state index >= 15 is 0 Å². The van der Waals surface area contributed by atoms with Crippen molar-refractivity contribution in [2.24, 2.45) is 0 Å². The van der Waals surface area contributed by atoms with Crippen molar-refractivity contribution in [3.63, 3.8) is 0 Å². The van der Waals surface area contributed by atoms with E-state index in [1.54, 1.807) is 30.1 Å². The van der Waals surface area contributed by atoms with Crippen molar-refractivity contribution in [2.75, 3.05) is 11.6 Å². The minimum absolute atomic E-state index is 0.112. The van der Waals surface area contributed by atoms with Crippen molar-refractivity contribution in [3.05, 3.63) is 53.9 Å². The number of hydrogen-bond donors (Lipinski definition) is 1. The molecule has 1 N–H and O–H groups in total. The quantitative estimate of drug-likeness (QED) is 0.858. The van der Waals surface area contributed by atoms with E-state index in [2.05, 4.69) is 10.3 Å². The Hall–Kier alpha value is -1.81. The molecule has 0 aliphatic heterocycles. The zero-order chi connectivity index (χ0) is 13.0. The number of benzene rings is 1. The van der Waals surface area contributed by atoms with Crippen molar-refractivity contribution in [1.82, 2.24) is 4.98 Å². The standard InChI is InChI=1S/C14H14N2OS/c1-10-8-11(6-7-15-10)14(17)16-12-4-3-5-13(9-12)18-2/h3-9H,1-2H3,(H,16,17). The highest BCUT2D eigenvalue weighted by atomic mass is 32.2. The van der Waals surface area contributed by atoms with E-state index < -0.39 is 0 Å². The predicted molar refractivity (Wildman–Crippen MR) is 75.2 cm³/mol. The molecular weight excluding hydrogens is 244 g/mol. The maximum Gasteiger partial charge on any atom is 0.255 e.